The molecule has 1 fully saturated rings. The Morgan fingerprint density at radius 2 is 2.42 bits per heavy atom. The number of hydrogen-bond donors (Lipinski definition) is 1. The van der Waals surface area contributed by atoms with Crippen molar-refractivity contribution >= 4 is 0 Å². The summed E-state index contributed by atoms with van der Waals surface area (Å²) in [6, 6.07) is 8.47. The molecular formula is C10H13NO. The molecule has 1 aromatic carbocycles. The van der Waals surface area contributed by atoms with Crippen molar-refractivity contribution in [2.75, 3.05) is 13.3 Å². The third kappa shape index (κ3) is 1.49. The zero-order valence-corrected chi connectivity index (χ0v) is 7.21. The van der Waals surface area contributed by atoms with E-state index in [-0.39, 0.29) is 6.10 Å². The second-order valence-electron chi connectivity index (χ2n) is 3.17. The maximum atomic E-state index is 5.48. The first-order valence-corrected chi connectivity index (χ1v) is 4.25. The number of ether oxygens (including phenoxy) is 1. The molecule has 0 bridgehead atoms. The van der Waals surface area contributed by atoms with Gasteiger partial charge in [-0.05, 0) is 12.5 Å². The van der Waals surface area contributed by atoms with Gasteiger partial charge in [0.15, 0.2) is 0 Å². The maximum Gasteiger partial charge on any atom is 0.0975 e. The molecule has 1 atom stereocenters. The first kappa shape index (κ1) is 7.77. The molecule has 1 N–H and O–H groups in total. The molecule has 0 saturated carbocycles. The van der Waals surface area contributed by atoms with Crippen LogP contribution < -0.4 is 5.32 Å². The van der Waals surface area contributed by atoms with Crippen LogP contribution in [0, 0.1) is 6.92 Å². The number of rotatable bonds is 1. The monoisotopic (exact) mass is 163 g/mol. The van der Waals surface area contributed by atoms with Crippen molar-refractivity contribution < 1.29 is 4.74 Å². The van der Waals surface area contributed by atoms with E-state index in [0.717, 1.165) is 6.54 Å². The molecule has 0 radical (unpaired) electrons. The van der Waals surface area contributed by atoms with Gasteiger partial charge in [0.05, 0.1) is 12.8 Å². The Morgan fingerprint density at radius 3 is 3.08 bits per heavy atom. The van der Waals surface area contributed by atoms with Crippen LogP contribution in [0.3, 0.4) is 0 Å². The van der Waals surface area contributed by atoms with Gasteiger partial charge >= 0.3 is 0 Å². The number of hydrogen-bond acceptors (Lipinski definition) is 2. The summed E-state index contributed by atoms with van der Waals surface area (Å²) < 4.78 is 5.48. The van der Waals surface area contributed by atoms with Crippen molar-refractivity contribution in [3.8, 4) is 0 Å². The maximum absolute atomic E-state index is 5.48. The van der Waals surface area contributed by atoms with Crippen molar-refractivity contribution in [3.05, 3.63) is 35.4 Å². The normalized spacial score (nSPS) is 22.9. The lowest BCUT2D eigenvalue weighted by molar-refractivity contribution is 0.114. The lowest BCUT2D eigenvalue weighted by atomic mass is 10.1. The van der Waals surface area contributed by atoms with Crippen molar-refractivity contribution in [3.63, 3.8) is 0 Å². The van der Waals surface area contributed by atoms with Gasteiger partial charge in [-0.3, -0.25) is 5.32 Å². The highest BCUT2D eigenvalue weighted by Gasteiger charge is 2.16. The van der Waals surface area contributed by atoms with Crippen molar-refractivity contribution in [1.82, 2.24) is 5.32 Å². The van der Waals surface area contributed by atoms with Crippen LogP contribution in [0.2, 0.25) is 0 Å². The largest absolute Gasteiger partial charge is 0.357 e. The van der Waals surface area contributed by atoms with Gasteiger partial charge in [0, 0.05) is 6.54 Å². The summed E-state index contributed by atoms with van der Waals surface area (Å²) in [5.74, 6) is 0. The summed E-state index contributed by atoms with van der Waals surface area (Å²) in [5.41, 5.74) is 2.57. The summed E-state index contributed by atoms with van der Waals surface area (Å²) in [6.45, 7) is 3.72. The average Bonchev–Trinajstić information content (AvgIpc) is 2.56. The van der Waals surface area contributed by atoms with E-state index in [1.165, 1.54) is 11.1 Å². The van der Waals surface area contributed by atoms with Crippen molar-refractivity contribution in [2.45, 2.75) is 13.0 Å². The zero-order chi connectivity index (χ0) is 8.39. The van der Waals surface area contributed by atoms with E-state index in [1.807, 2.05) is 0 Å². The number of benzene rings is 1. The van der Waals surface area contributed by atoms with Gasteiger partial charge in [-0.1, -0.05) is 29.8 Å². The molecule has 1 unspecified atom stereocenters. The van der Waals surface area contributed by atoms with Gasteiger partial charge in [-0.2, -0.15) is 0 Å². The highest BCUT2D eigenvalue weighted by atomic mass is 16.5. The van der Waals surface area contributed by atoms with Crippen LogP contribution >= 0.6 is 0 Å². The number of aryl methyl sites for hydroxylation is 1. The molecule has 2 rings (SSSR count). The molecular weight excluding hydrogens is 150 g/mol. The summed E-state index contributed by atoms with van der Waals surface area (Å²) in [6.07, 6.45) is 0.255. The molecule has 0 aliphatic carbocycles. The lowest BCUT2D eigenvalue weighted by Crippen LogP contribution is -2.07. The summed E-state index contributed by atoms with van der Waals surface area (Å²) in [5, 5.41) is 3.17. The van der Waals surface area contributed by atoms with Gasteiger partial charge in [0.1, 0.15) is 0 Å². The van der Waals surface area contributed by atoms with E-state index < -0.39 is 0 Å². The Balaban J connectivity index is 2.21. The predicted octanol–water partition coefficient (Wildman–Crippen LogP) is 1.61. The fraction of sp³-hybridized carbons (Fsp3) is 0.400. The third-order valence-corrected chi connectivity index (χ3v) is 2.13. The molecule has 12 heavy (non-hydrogen) atoms. The Hall–Kier alpha value is -0.860. The molecule has 1 saturated heterocycles. The van der Waals surface area contributed by atoms with Crippen LogP contribution in [0.1, 0.15) is 17.2 Å². The molecule has 0 amide bonds. The minimum Gasteiger partial charge on any atom is -0.357 e. The molecule has 0 spiro atoms. The Labute approximate surface area is 72.5 Å². The van der Waals surface area contributed by atoms with Crippen LogP contribution in [-0.4, -0.2) is 13.3 Å². The number of nitrogens with one attached hydrogen (secondary N) is 1. The first-order chi connectivity index (χ1) is 5.86. The van der Waals surface area contributed by atoms with Gasteiger partial charge in [-0.25, -0.2) is 0 Å². The molecule has 0 aromatic heterocycles. The highest BCUT2D eigenvalue weighted by molar-refractivity contribution is 5.24. The van der Waals surface area contributed by atoms with Crippen LogP contribution in [0.25, 0.3) is 0 Å². The van der Waals surface area contributed by atoms with Gasteiger partial charge in [0.2, 0.25) is 0 Å². The van der Waals surface area contributed by atoms with Crippen molar-refractivity contribution in [1.29, 1.82) is 0 Å². The Bertz CT molecular complexity index is 266. The minimum absolute atomic E-state index is 0.255. The SMILES string of the molecule is Cc1cccc(C2CNCO2)c1. The summed E-state index contributed by atoms with van der Waals surface area (Å²) >= 11 is 0. The van der Waals surface area contributed by atoms with Crippen molar-refractivity contribution in [2.24, 2.45) is 0 Å². The van der Waals surface area contributed by atoms with Crippen LogP contribution in [0.4, 0.5) is 0 Å². The van der Waals surface area contributed by atoms with E-state index in [1.54, 1.807) is 0 Å². The second-order valence-corrected chi connectivity index (χ2v) is 3.17. The van der Waals surface area contributed by atoms with Crippen LogP contribution in [0.15, 0.2) is 24.3 Å². The molecule has 64 valence electrons. The fourth-order valence-electron chi connectivity index (χ4n) is 1.49. The predicted molar refractivity (Wildman–Crippen MR) is 47.9 cm³/mol. The molecule has 1 aliphatic rings. The van der Waals surface area contributed by atoms with E-state index in [4.69, 9.17) is 4.74 Å². The van der Waals surface area contributed by atoms with Gasteiger partial charge in [-0.15, -0.1) is 0 Å². The molecule has 1 heterocycles. The van der Waals surface area contributed by atoms with Crippen LogP contribution in [0.5, 0.6) is 0 Å². The van der Waals surface area contributed by atoms with Crippen LogP contribution in [-0.2, 0) is 4.74 Å². The van der Waals surface area contributed by atoms with Gasteiger partial charge < -0.3 is 4.74 Å². The topological polar surface area (TPSA) is 21.3 Å². The summed E-state index contributed by atoms with van der Waals surface area (Å²) in [7, 11) is 0. The Kier molecular flexibility index (Phi) is 2.11. The highest BCUT2D eigenvalue weighted by Crippen LogP contribution is 2.19. The smallest absolute Gasteiger partial charge is 0.0975 e. The quantitative estimate of drug-likeness (QED) is 0.679. The third-order valence-electron chi connectivity index (χ3n) is 2.13. The summed E-state index contributed by atoms with van der Waals surface area (Å²) in [4.78, 5) is 0. The van der Waals surface area contributed by atoms with E-state index in [2.05, 4.69) is 36.5 Å². The van der Waals surface area contributed by atoms with E-state index in [9.17, 15) is 0 Å². The molecule has 1 aromatic rings. The fourth-order valence-corrected chi connectivity index (χ4v) is 1.49. The average molecular weight is 163 g/mol. The first-order valence-electron chi connectivity index (χ1n) is 4.25. The molecule has 2 nitrogen and oxygen atoms in total. The minimum atomic E-state index is 0.255. The lowest BCUT2D eigenvalue weighted by Gasteiger charge is -2.08. The van der Waals surface area contributed by atoms with Gasteiger partial charge in [0.25, 0.3) is 0 Å². The standard InChI is InChI=1S/C10H13NO/c1-8-3-2-4-9(5-8)10-6-11-7-12-10/h2-5,10-11H,6-7H2,1H3. The zero-order valence-electron chi connectivity index (χ0n) is 7.21. The Morgan fingerprint density at radius 1 is 1.50 bits per heavy atom. The molecule has 2 heteroatoms. The molecule has 1 aliphatic heterocycles. The van der Waals surface area contributed by atoms with E-state index in [0.29, 0.717) is 6.73 Å². The second kappa shape index (κ2) is 3.25. The van der Waals surface area contributed by atoms with E-state index >= 15 is 0 Å².